The van der Waals surface area contributed by atoms with Crippen molar-refractivity contribution < 1.29 is 9.94 Å². The van der Waals surface area contributed by atoms with E-state index in [1.54, 1.807) is 19.1 Å². The highest BCUT2D eigenvalue weighted by molar-refractivity contribution is 6.32. The van der Waals surface area contributed by atoms with Crippen molar-refractivity contribution in [2.45, 2.75) is 20.8 Å². The number of nitrogens with two attached hydrogens (primary N) is 1. The van der Waals surface area contributed by atoms with E-state index >= 15 is 0 Å². The molecule has 6 heteroatoms. The van der Waals surface area contributed by atoms with Gasteiger partial charge in [-0.15, -0.1) is 0 Å². The number of aryl methyl sites for hydroxylation is 3. The van der Waals surface area contributed by atoms with E-state index < -0.39 is 0 Å². The minimum absolute atomic E-state index is 0.00816. The molecule has 0 atom stereocenters. The zero-order valence-corrected chi connectivity index (χ0v) is 12.8. The first-order valence-electron chi connectivity index (χ1n) is 6.32. The van der Waals surface area contributed by atoms with Gasteiger partial charge in [0.15, 0.2) is 5.84 Å². The summed E-state index contributed by atoms with van der Waals surface area (Å²) in [5.74, 6) is 1.02. The lowest BCUT2D eigenvalue weighted by Gasteiger charge is -2.10. The first kappa shape index (κ1) is 15.1. The van der Waals surface area contributed by atoms with Gasteiger partial charge in [0.05, 0.1) is 0 Å². The van der Waals surface area contributed by atoms with Gasteiger partial charge in [0.1, 0.15) is 5.75 Å². The van der Waals surface area contributed by atoms with Gasteiger partial charge in [0.2, 0.25) is 5.88 Å². The Labute approximate surface area is 128 Å². The minimum atomic E-state index is 0.00816. The molecule has 21 heavy (non-hydrogen) atoms. The molecule has 3 N–H and O–H groups in total. The molecule has 5 nitrogen and oxygen atoms in total. The second kappa shape index (κ2) is 6.01. The third kappa shape index (κ3) is 3.44. The Balaban J connectivity index is 2.38. The Hall–Kier alpha value is -2.27. The molecule has 0 aliphatic heterocycles. The van der Waals surface area contributed by atoms with Crippen LogP contribution in [0.3, 0.4) is 0 Å². The maximum absolute atomic E-state index is 8.75. The number of halogens is 1. The Morgan fingerprint density at radius 1 is 1.19 bits per heavy atom. The van der Waals surface area contributed by atoms with Crippen LogP contribution < -0.4 is 10.5 Å². The van der Waals surface area contributed by atoms with Gasteiger partial charge < -0.3 is 15.7 Å². The van der Waals surface area contributed by atoms with Crippen LogP contribution >= 0.6 is 11.6 Å². The molecule has 0 amide bonds. The van der Waals surface area contributed by atoms with Crippen molar-refractivity contribution in [3.63, 3.8) is 0 Å². The third-order valence-corrected chi connectivity index (χ3v) is 3.56. The summed E-state index contributed by atoms with van der Waals surface area (Å²) >= 11 is 6.13. The number of rotatable bonds is 3. The zero-order chi connectivity index (χ0) is 15.6. The van der Waals surface area contributed by atoms with Gasteiger partial charge in [-0.1, -0.05) is 16.8 Å². The van der Waals surface area contributed by atoms with Crippen molar-refractivity contribution in [3.05, 3.63) is 51.7 Å². The lowest BCUT2D eigenvalue weighted by molar-refractivity contribution is 0.318. The van der Waals surface area contributed by atoms with Crippen molar-refractivity contribution in [1.82, 2.24) is 4.98 Å². The average molecular weight is 306 g/mol. The SMILES string of the molecule is Cc1cc(/C(N)=N/O)cc(Oc2cc(C)c(Cl)c(C)c2)n1. The number of amidine groups is 1. The molecule has 1 aromatic heterocycles. The number of oxime groups is 1. The molecule has 0 aliphatic rings. The maximum atomic E-state index is 8.75. The highest BCUT2D eigenvalue weighted by Crippen LogP contribution is 2.28. The fourth-order valence-corrected chi connectivity index (χ4v) is 2.09. The van der Waals surface area contributed by atoms with Crippen LogP contribution in [-0.2, 0) is 0 Å². The second-order valence-corrected chi connectivity index (χ2v) is 5.17. The van der Waals surface area contributed by atoms with Crippen molar-refractivity contribution >= 4 is 17.4 Å². The van der Waals surface area contributed by atoms with E-state index in [0.29, 0.717) is 22.9 Å². The molecule has 0 bridgehead atoms. The molecule has 2 aromatic rings. The van der Waals surface area contributed by atoms with Gasteiger partial charge in [0, 0.05) is 22.3 Å². The van der Waals surface area contributed by atoms with E-state index in [1.807, 2.05) is 26.0 Å². The van der Waals surface area contributed by atoms with Crippen LogP contribution in [-0.4, -0.2) is 16.0 Å². The lowest BCUT2D eigenvalue weighted by atomic mass is 10.1. The molecule has 0 spiro atoms. The molecule has 110 valence electrons. The summed E-state index contributed by atoms with van der Waals surface area (Å²) in [4.78, 5) is 4.28. The number of ether oxygens (including phenoxy) is 1. The van der Waals surface area contributed by atoms with Crippen LogP contribution in [0.25, 0.3) is 0 Å². The monoisotopic (exact) mass is 305 g/mol. The highest BCUT2D eigenvalue weighted by atomic mass is 35.5. The van der Waals surface area contributed by atoms with Gasteiger partial charge in [-0.25, -0.2) is 4.98 Å². The molecule has 1 heterocycles. The Morgan fingerprint density at radius 2 is 1.81 bits per heavy atom. The lowest BCUT2D eigenvalue weighted by Crippen LogP contribution is -2.13. The van der Waals surface area contributed by atoms with Crippen LogP contribution in [0, 0.1) is 20.8 Å². The number of benzene rings is 1. The molecular weight excluding hydrogens is 290 g/mol. The predicted octanol–water partition coefficient (Wildman–Crippen LogP) is 3.55. The van der Waals surface area contributed by atoms with Crippen molar-refractivity contribution in [3.8, 4) is 11.6 Å². The second-order valence-electron chi connectivity index (χ2n) is 4.79. The molecule has 0 fully saturated rings. The molecular formula is C15H16ClN3O2. The molecule has 0 aliphatic carbocycles. The fourth-order valence-electron chi connectivity index (χ4n) is 1.98. The summed E-state index contributed by atoms with van der Waals surface area (Å²) in [5, 5.41) is 12.5. The van der Waals surface area contributed by atoms with Crippen LogP contribution in [0.15, 0.2) is 29.4 Å². The first-order valence-corrected chi connectivity index (χ1v) is 6.69. The topological polar surface area (TPSA) is 80.7 Å². The van der Waals surface area contributed by atoms with Crippen LogP contribution in [0.5, 0.6) is 11.6 Å². The van der Waals surface area contributed by atoms with Gasteiger partial charge >= 0.3 is 0 Å². The Kier molecular flexibility index (Phi) is 4.33. The average Bonchev–Trinajstić information content (AvgIpc) is 2.43. The molecule has 2 rings (SSSR count). The quantitative estimate of drug-likeness (QED) is 0.393. The summed E-state index contributed by atoms with van der Waals surface area (Å²) in [7, 11) is 0. The predicted molar refractivity (Wildman–Crippen MR) is 82.5 cm³/mol. The summed E-state index contributed by atoms with van der Waals surface area (Å²) in [6.07, 6.45) is 0. The van der Waals surface area contributed by atoms with E-state index in [9.17, 15) is 0 Å². The smallest absolute Gasteiger partial charge is 0.220 e. The number of aromatic nitrogens is 1. The summed E-state index contributed by atoms with van der Waals surface area (Å²) in [5.41, 5.74) is 8.70. The number of pyridine rings is 1. The minimum Gasteiger partial charge on any atom is -0.439 e. The van der Waals surface area contributed by atoms with Gasteiger partial charge in [-0.3, -0.25) is 0 Å². The Morgan fingerprint density at radius 3 is 2.38 bits per heavy atom. The number of hydrogen-bond acceptors (Lipinski definition) is 4. The first-order chi connectivity index (χ1) is 9.90. The maximum Gasteiger partial charge on any atom is 0.220 e. The van der Waals surface area contributed by atoms with Crippen LogP contribution in [0.1, 0.15) is 22.4 Å². The number of nitrogens with zero attached hydrogens (tertiary/aromatic N) is 2. The van der Waals surface area contributed by atoms with Gasteiger partial charge in [-0.05, 0) is 50.1 Å². The van der Waals surface area contributed by atoms with Crippen molar-refractivity contribution in [2.24, 2.45) is 10.9 Å². The van der Waals surface area contributed by atoms with Gasteiger partial charge in [0.25, 0.3) is 0 Å². The zero-order valence-electron chi connectivity index (χ0n) is 12.0. The summed E-state index contributed by atoms with van der Waals surface area (Å²) < 4.78 is 5.75. The highest BCUT2D eigenvalue weighted by Gasteiger charge is 2.08. The van der Waals surface area contributed by atoms with Crippen LogP contribution in [0.4, 0.5) is 0 Å². The normalized spacial score (nSPS) is 11.5. The van der Waals surface area contributed by atoms with Crippen molar-refractivity contribution in [2.75, 3.05) is 0 Å². The summed E-state index contributed by atoms with van der Waals surface area (Å²) in [6.45, 7) is 5.63. The fraction of sp³-hybridized carbons (Fsp3) is 0.200. The summed E-state index contributed by atoms with van der Waals surface area (Å²) in [6, 6.07) is 6.99. The van der Waals surface area contributed by atoms with Crippen molar-refractivity contribution in [1.29, 1.82) is 0 Å². The van der Waals surface area contributed by atoms with E-state index in [-0.39, 0.29) is 5.84 Å². The standard InChI is InChI=1S/C15H16ClN3O2/c1-8-4-12(5-9(2)14(8)16)21-13-7-11(15(17)19-20)6-10(3)18-13/h4-7,20H,1-3H3,(H2,17,19). The van der Waals surface area contributed by atoms with E-state index in [1.165, 1.54) is 0 Å². The molecule has 0 radical (unpaired) electrons. The van der Waals surface area contributed by atoms with Gasteiger partial charge in [-0.2, -0.15) is 0 Å². The molecule has 0 saturated heterocycles. The Bertz CT molecular complexity index is 691. The number of hydrogen-bond donors (Lipinski definition) is 2. The van der Waals surface area contributed by atoms with Crippen LogP contribution in [0.2, 0.25) is 5.02 Å². The molecule has 0 unspecified atom stereocenters. The largest absolute Gasteiger partial charge is 0.439 e. The third-order valence-electron chi connectivity index (χ3n) is 2.97. The van der Waals surface area contributed by atoms with E-state index in [0.717, 1.165) is 16.1 Å². The van der Waals surface area contributed by atoms with E-state index in [4.69, 9.17) is 27.3 Å². The molecule has 1 aromatic carbocycles. The van der Waals surface area contributed by atoms with E-state index in [2.05, 4.69) is 10.1 Å². The molecule has 0 saturated carbocycles.